The molecule has 2 N–H and O–H groups in total. The molecule has 1 atom stereocenters. The highest BCUT2D eigenvalue weighted by atomic mass is 16.2. The minimum Gasteiger partial charge on any atom is -0.368 e. The average molecular weight is 505 g/mol. The molecule has 10 nitrogen and oxygen atoms in total. The molecule has 3 aromatic heterocycles. The van der Waals surface area contributed by atoms with Crippen molar-refractivity contribution in [3.05, 3.63) is 54.5 Å². The molecule has 0 bridgehead atoms. The highest BCUT2D eigenvalue weighted by Crippen LogP contribution is 2.36. The SMILES string of the molecule is CCCCC(=NC(=O)c1cn(CC(=O)N(C)C)cn1)C(C)(c1ccc(-c2cnc(N)nc2)nc1)C(C)C. The molecule has 0 spiro atoms. The van der Waals surface area contributed by atoms with Gasteiger partial charge in [0.05, 0.1) is 12.0 Å². The number of nitrogens with two attached hydrogens (primary N) is 1. The van der Waals surface area contributed by atoms with Gasteiger partial charge in [0.2, 0.25) is 11.9 Å². The van der Waals surface area contributed by atoms with Crippen molar-refractivity contribution in [1.29, 1.82) is 0 Å². The molecule has 0 aliphatic heterocycles. The van der Waals surface area contributed by atoms with Crippen LogP contribution in [0, 0.1) is 5.92 Å². The fraction of sp³-hybridized carbons (Fsp3) is 0.444. The summed E-state index contributed by atoms with van der Waals surface area (Å²) in [4.78, 5) is 48.3. The van der Waals surface area contributed by atoms with Crippen LogP contribution in [0.15, 0.2) is 48.2 Å². The van der Waals surface area contributed by atoms with E-state index in [1.165, 1.54) is 11.2 Å². The van der Waals surface area contributed by atoms with E-state index in [1.807, 2.05) is 18.3 Å². The number of hydrogen-bond donors (Lipinski definition) is 1. The Labute approximate surface area is 218 Å². The third kappa shape index (κ3) is 6.44. The van der Waals surface area contributed by atoms with Gasteiger partial charge in [-0.2, -0.15) is 0 Å². The second-order valence-corrected chi connectivity index (χ2v) is 9.81. The highest BCUT2D eigenvalue weighted by molar-refractivity contribution is 6.06. The van der Waals surface area contributed by atoms with E-state index < -0.39 is 11.3 Å². The van der Waals surface area contributed by atoms with Crippen molar-refractivity contribution in [1.82, 2.24) is 29.4 Å². The van der Waals surface area contributed by atoms with Crippen LogP contribution in [0.1, 0.15) is 63.0 Å². The van der Waals surface area contributed by atoms with Crippen molar-refractivity contribution >= 4 is 23.5 Å². The maximum Gasteiger partial charge on any atom is 0.297 e. The smallest absolute Gasteiger partial charge is 0.297 e. The number of nitrogens with zero attached hydrogens (tertiary/aromatic N) is 7. The van der Waals surface area contributed by atoms with E-state index in [4.69, 9.17) is 5.73 Å². The van der Waals surface area contributed by atoms with Crippen LogP contribution in [0.3, 0.4) is 0 Å². The van der Waals surface area contributed by atoms with Crippen LogP contribution in [-0.2, 0) is 16.8 Å². The lowest BCUT2D eigenvalue weighted by atomic mass is 9.69. The molecule has 0 fully saturated rings. The number of rotatable bonds is 10. The summed E-state index contributed by atoms with van der Waals surface area (Å²) in [5.41, 5.74) is 8.54. The van der Waals surface area contributed by atoms with Gasteiger partial charge in [-0.15, -0.1) is 0 Å². The van der Waals surface area contributed by atoms with Crippen molar-refractivity contribution < 1.29 is 9.59 Å². The summed E-state index contributed by atoms with van der Waals surface area (Å²) in [6, 6.07) is 3.94. The molecule has 1 unspecified atom stereocenters. The first-order chi connectivity index (χ1) is 17.6. The number of aromatic nitrogens is 5. The Morgan fingerprint density at radius 3 is 2.38 bits per heavy atom. The summed E-state index contributed by atoms with van der Waals surface area (Å²) in [5.74, 6) is -0.156. The molecule has 0 aromatic carbocycles. The van der Waals surface area contributed by atoms with Crippen LogP contribution < -0.4 is 5.73 Å². The Bertz CT molecular complexity index is 1250. The van der Waals surface area contributed by atoms with E-state index in [0.29, 0.717) is 6.42 Å². The van der Waals surface area contributed by atoms with E-state index in [9.17, 15) is 9.59 Å². The van der Waals surface area contributed by atoms with Crippen LogP contribution in [0.2, 0.25) is 0 Å². The number of carbonyl (C=O) groups excluding carboxylic acids is 2. The molecule has 196 valence electrons. The third-order valence-electron chi connectivity index (χ3n) is 6.76. The molecular formula is C27H36N8O2. The summed E-state index contributed by atoms with van der Waals surface area (Å²) in [5, 5.41) is 0. The van der Waals surface area contributed by atoms with Gasteiger partial charge in [0.25, 0.3) is 5.91 Å². The number of likely N-dealkylation sites (N-methyl/N-ethyl adjacent to an activating group) is 1. The fourth-order valence-corrected chi connectivity index (χ4v) is 3.99. The lowest BCUT2D eigenvalue weighted by Crippen LogP contribution is -2.39. The number of carbonyl (C=O) groups is 2. The Balaban J connectivity index is 1.95. The molecular weight excluding hydrogens is 468 g/mol. The number of pyridine rings is 1. The van der Waals surface area contributed by atoms with Crippen molar-refractivity contribution in [2.24, 2.45) is 10.9 Å². The van der Waals surface area contributed by atoms with Gasteiger partial charge in [-0.1, -0.05) is 33.3 Å². The maximum atomic E-state index is 13.2. The van der Waals surface area contributed by atoms with Gasteiger partial charge >= 0.3 is 0 Å². The van der Waals surface area contributed by atoms with E-state index >= 15 is 0 Å². The first kappa shape index (κ1) is 27.6. The Morgan fingerprint density at radius 2 is 1.81 bits per heavy atom. The number of aliphatic imine (C=N–C) groups is 1. The zero-order chi connectivity index (χ0) is 27.2. The molecule has 0 radical (unpaired) electrons. The van der Waals surface area contributed by atoms with E-state index in [-0.39, 0.29) is 30.0 Å². The molecule has 3 rings (SSSR count). The monoisotopic (exact) mass is 504 g/mol. The van der Waals surface area contributed by atoms with E-state index in [0.717, 1.165) is 35.4 Å². The predicted molar refractivity (Wildman–Crippen MR) is 144 cm³/mol. The minimum absolute atomic E-state index is 0.0857. The number of imidazole rings is 1. The Hall–Kier alpha value is -3.95. The van der Waals surface area contributed by atoms with Crippen LogP contribution in [0.25, 0.3) is 11.3 Å². The summed E-state index contributed by atoms with van der Waals surface area (Å²) in [6.45, 7) is 8.57. The minimum atomic E-state index is -0.530. The summed E-state index contributed by atoms with van der Waals surface area (Å²) < 4.78 is 1.60. The molecule has 3 aromatic rings. The first-order valence-electron chi connectivity index (χ1n) is 12.4. The van der Waals surface area contributed by atoms with E-state index in [1.54, 1.807) is 37.3 Å². The van der Waals surface area contributed by atoms with Crippen LogP contribution >= 0.6 is 0 Å². The van der Waals surface area contributed by atoms with Gasteiger partial charge < -0.3 is 15.2 Å². The van der Waals surface area contributed by atoms with Gasteiger partial charge in [0.1, 0.15) is 12.2 Å². The largest absolute Gasteiger partial charge is 0.368 e. The molecule has 3 heterocycles. The number of nitrogen functional groups attached to an aromatic ring is 1. The second-order valence-electron chi connectivity index (χ2n) is 9.81. The maximum absolute atomic E-state index is 13.2. The Morgan fingerprint density at radius 1 is 1.11 bits per heavy atom. The summed E-state index contributed by atoms with van der Waals surface area (Å²) >= 11 is 0. The normalized spacial score (nSPS) is 13.4. The summed E-state index contributed by atoms with van der Waals surface area (Å²) in [7, 11) is 3.38. The van der Waals surface area contributed by atoms with Crippen molar-refractivity contribution in [3.8, 4) is 11.3 Å². The predicted octanol–water partition coefficient (Wildman–Crippen LogP) is 3.79. The Kier molecular flexibility index (Phi) is 8.86. The number of amides is 2. The van der Waals surface area contributed by atoms with Gasteiger partial charge in [0, 0.05) is 55.6 Å². The van der Waals surface area contributed by atoms with Crippen LogP contribution in [0.5, 0.6) is 0 Å². The van der Waals surface area contributed by atoms with Gasteiger partial charge in [0.15, 0.2) is 0 Å². The molecule has 0 saturated carbocycles. The molecule has 0 aliphatic rings. The molecule has 10 heteroatoms. The van der Waals surface area contributed by atoms with Gasteiger partial charge in [-0.3, -0.25) is 14.6 Å². The van der Waals surface area contributed by atoms with E-state index in [2.05, 4.69) is 52.6 Å². The fourth-order valence-electron chi connectivity index (χ4n) is 3.99. The van der Waals surface area contributed by atoms with Crippen LogP contribution in [0.4, 0.5) is 5.95 Å². The third-order valence-corrected chi connectivity index (χ3v) is 6.76. The zero-order valence-electron chi connectivity index (χ0n) is 22.5. The lowest BCUT2D eigenvalue weighted by Gasteiger charge is -2.36. The van der Waals surface area contributed by atoms with Crippen molar-refractivity contribution in [2.45, 2.75) is 58.9 Å². The quantitative estimate of drug-likeness (QED) is 0.415. The lowest BCUT2D eigenvalue weighted by molar-refractivity contribution is -0.129. The van der Waals surface area contributed by atoms with Gasteiger partial charge in [-0.05, 0) is 37.3 Å². The molecule has 0 aliphatic carbocycles. The zero-order valence-corrected chi connectivity index (χ0v) is 22.5. The van der Waals surface area contributed by atoms with Crippen LogP contribution in [-0.4, -0.2) is 61.0 Å². The first-order valence-corrected chi connectivity index (χ1v) is 12.4. The molecule has 0 saturated heterocycles. The second kappa shape index (κ2) is 11.9. The average Bonchev–Trinajstić information content (AvgIpc) is 3.35. The molecule has 2 amide bonds. The summed E-state index contributed by atoms with van der Waals surface area (Å²) in [6.07, 6.45) is 10.7. The standard InChI is InChI=1S/C27H36N8O2/c1-7-8-9-23(33-25(37)22-15-35(17-32-22)16-24(36)34(5)6)27(4,18(2)3)20-10-11-21(29-14-20)19-12-30-26(28)31-13-19/h10-15,17-18H,7-9,16H2,1-6H3,(H2,28,30,31). The van der Waals surface area contributed by atoms with Crippen molar-refractivity contribution in [2.75, 3.05) is 19.8 Å². The number of hydrogen-bond acceptors (Lipinski definition) is 7. The van der Waals surface area contributed by atoms with Gasteiger partial charge in [-0.25, -0.2) is 19.9 Å². The number of unbranched alkanes of at least 4 members (excludes halogenated alkanes) is 1. The highest BCUT2D eigenvalue weighted by Gasteiger charge is 2.37. The van der Waals surface area contributed by atoms with Crippen molar-refractivity contribution in [3.63, 3.8) is 0 Å². The topological polar surface area (TPSA) is 132 Å². The molecule has 37 heavy (non-hydrogen) atoms. The number of anilines is 1.